The van der Waals surface area contributed by atoms with Crippen molar-refractivity contribution in [1.82, 2.24) is 9.97 Å². The topological polar surface area (TPSA) is 58.1 Å². The number of nitrogens with one attached hydrogen (secondary N) is 1. The van der Waals surface area contributed by atoms with Crippen molar-refractivity contribution >= 4 is 17.4 Å². The van der Waals surface area contributed by atoms with Crippen LogP contribution in [0.1, 0.15) is 35.3 Å². The number of aromatic nitrogens is 2. The minimum atomic E-state index is -0.204. The Morgan fingerprint density at radius 3 is 2.55 bits per heavy atom. The molecule has 3 rings (SSSR count). The van der Waals surface area contributed by atoms with E-state index in [-0.39, 0.29) is 5.91 Å². The number of rotatable bonds is 3. The van der Waals surface area contributed by atoms with Crippen molar-refractivity contribution in [2.75, 3.05) is 23.3 Å². The summed E-state index contributed by atoms with van der Waals surface area (Å²) >= 11 is 0. The number of aryl methyl sites for hydroxylation is 1. The van der Waals surface area contributed by atoms with Crippen molar-refractivity contribution in [2.45, 2.75) is 26.2 Å². The van der Waals surface area contributed by atoms with Gasteiger partial charge in [-0.1, -0.05) is 17.7 Å². The molecule has 0 saturated carbocycles. The summed E-state index contributed by atoms with van der Waals surface area (Å²) in [7, 11) is 0. The van der Waals surface area contributed by atoms with Crippen molar-refractivity contribution in [2.24, 2.45) is 0 Å². The predicted octanol–water partition coefficient (Wildman–Crippen LogP) is 3.03. The molecule has 2 heterocycles. The Kier molecular flexibility index (Phi) is 4.32. The summed E-state index contributed by atoms with van der Waals surface area (Å²) in [6, 6.07) is 9.48. The minimum absolute atomic E-state index is 0.204. The first-order valence-electron chi connectivity index (χ1n) is 7.67. The minimum Gasteiger partial charge on any atom is -0.357 e. The molecule has 22 heavy (non-hydrogen) atoms. The smallest absolute Gasteiger partial charge is 0.274 e. The highest BCUT2D eigenvalue weighted by Crippen LogP contribution is 2.18. The van der Waals surface area contributed by atoms with E-state index in [1.165, 1.54) is 25.6 Å². The molecule has 1 aromatic carbocycles. The Labute approximate surface area is 130 Å². The molecule has 5 heteroatoms. The van der Waals surface area contributed by atoms with E-state index < -0.39 is 0 Å². The van der Waals surface area contributed by atoms with E-state index in [2.05, 4.69) is 20.2 Å². The van der Waals surface area contributed by atoms with Gasteiger partial charge in [0.1, 0.15) is 17.8 Å². The lowest BCUT2D eigenvalue weighted by Gasteiger charge is -2.27. The van der Waals surface area contributed by atoms with Crippen LogP contribution in [-0.4, -0.2) is 29.0 Å². The van der Waals surface area contributed by atoms with Gasteiger partial charge < -0.3 is 10.2 Å². The van der Waals surface area contributed by atoms with Crippen molar-refractivity contribution in [3.8, 4) is 0 Å². The molecule has 0 bridgehead atoms. The number of piperidine rings is 1. The van der Waals surface area contributed by atoms with E-state index in [0.29, 0.717) is 5.69 Å². The maximum atomic E-state index is 12.3. The zero-order chi connectivity index (χ0) is 15.4. The molecule has 1 amide bonds. The Bertz CT molecular complexity index is 648. The van der Waals surface area contributed by atoms with Crippen LogP contribution in [0.5, 0.6) is 0 Å². The molecule has 1 fully saturated rings. The molecule has 5 nitrogen and oxygen atoms in total. The van der Waals surface area contributed by atoms with Gasteiger partial charge in [-0.3, -0.25) is 4.79 Å². The summed E-state index contributed by atoms with van der Waals surface area (Å²) in [6.45, 7) is 4.01. The molecule has 114 valence electrons. The second-order valence-corrected chi connectivity index (χ2v) is 5.63. The average molecular weight is 296 g/mol. The lowest BCUT2D eigenvalue weighted by molar-refractivity contribution is 0.102. The van der Waals surface area contributed by atoms with Crippen LogP contribution in [-0.2, 0) is 0 Å². The summed E-state index contributed by atoms with van der Waals surface area (Å²) in [5, 5.41) is 2.87. The number of hydrogen-bond acceptors (Lipinski definition) is 4. The van der Waals surface area contributed by atoms with E-state index in [1.54, 1.807) is 6.07 Å². The first-order chi connectivity index (χ1) is 10.7. The van der Waals surface area contributed by atoms with Gasteiger partial charge in [0.15, 0.2) is 0 Å². The third kappa shape index (κ3) is 3.42. The number of carbonyl (C=O) groups excluding carboxylic acids is 1. The zero-order valence-electron chi connectivity index (χ0n) is 12.7. The number of nitrogens with zero attached hydrogens (tertiary/aromatic N) is 3. The third-order valence-electron chi connectivity index (χ3n) is 3.87. The summed E-state index contributed by atoms with van der Waals surface area (Å²) in [5.41, 5.74) is 2.33. The summed E-state index contributed by atoms with van der Waals surface area (Å²) < 4.78 is 0. The quantitative estimate of drug-likeness (QED) is 0.946. The summed E-state index contributed by atoms with van der Waals surface area (Å²) in [5.74, 6) is 0.633. The third-order valence-corrected chi connectivity index (χ3v) is 3.87. The van der Waals surface area contributed by atoms with E-state index in [9.17, 15) is 4.79 Å². The standard InChI is InChI=1S/C17H20N4O/c1-13-5-7-14(8-6-13)20-17(22)15-11-16(19-12-18-15)21-9-3-2-4-10-21/h5-8,11-12H,2-4,9-10H2,1H3,(H,20,22). The molecule has 2 aromatic rings. The molecular formula is C17H20N4O. The largest absolute Gasteiger partial charge is 0.357 e. The second-order valence-electron chi connectivity index (χ2n) is 5.63. The normalized spacial score (nSPS) is 14.7. The van der Waals surface area contributed by atoms with E-state index in [1.807, 2.05) is 31.2 Å². The molecule has 0 aliphatic carbocycles. The van der Waals surface area contributed by atoms with Gasteiger partial charge in [0, 0.05) is 24.8 Å². The van der Waals surface area contributed by atoms with Gasteiger partial charge in [0.25, 0.3) is 5.91 Å². The van der Waals surface area contributed by atoms with Gasteiger partial charge in [0.2, 0.25) is 0 Å². The van der Waals surface area contributed by atoms with E-state index in [0.717, 1.165) is 30.2 Å². The van der Waals surface area contributed by atoms with Gasteiger partial charge in [-0.05, 0) is 38.3 Å². The molecule has 1 N–H and O–H groups in total. The summed E-state index contributed by atoms with van der Waals surface area (Å²) in [6.07, 6.45) is 5.08. The van der Waals surface area contributed by atoms with Crippen molar-refractivity contribution < 1.29 is 4.79 Å². The number of carbonyl (C=O) groups is 1. The maximum absolute atomic E-state index is 12.3. The second kappa shape index (κ2) is 6.56. The molecule has 1 saturated heterocycles. The van der Waals surface area contributed by atoms with Crippen LogP contribution in [0.15, 0.2) is 36.7 Å². The predicted molar refractivity (Wildman–Crippen MR) is 87.2 cm³/mol. The van der Waals surface area contributed by atoms with Gasteiger partial charge in [-0.25, -0.2) is 9.97 Å². The van der Waals surface area contributed by atoms with Crippen LogP contribution < -0.4 is 10.2 Å². The molecule has 1 aromatic heterocycles. The fourth-order valence-electron chi connectivity index (χ4n) is 2.60. The van der Waals surface area contributed by atoms with Crippen LogP contribution in [0.3, 0.4) is 0 Å². The monoisotopic (exact) mass is 296 g/mol. The number of benzene rings is 1. The number of amides is 1. The van der Waals surface area contributed by atoms with E-state index >= 15 is 0 Å². The number of anilines is 2. The fourth-order valence-corrected chi connectivity index (χ4v) is 2.60. The highest BCUT2D eigenvalue weighted by molar-refractivity contribution is 6.03. The number of hydrogen-bond donors (Lipinski definition) is 1. The Hall–Kier alpha value is -2.43. The average Bonchev–Trinajstić information content (AvgIpc) is 2.58. The Balaban J connectivity index is 1.73. The molecule has 0 atom stereocenters. The summed E-state index contributed by atoms with van der Waals surface area (Å²) in [4.78, 5) is 22.9. The van der Waals surface area contributed by atoms with Gasteiger partial charge >= 0.3 is 0 Å². The van der Waals surface area contributed by atoms with Crippen molar-refractivity contribution in [3.05, 3.63) is 47.9 Å². The molecule has 1 aliphatic rings. The lowest BCUT2D eigenvalue weighted by atomic mass is 10.1. The van der Waals surface area contributed by atoms with Crippen LogP contribution in [0.2, 0.25) is 0 Å². The fraction of sp³-hybridized carbons (Fsp3) is 0.353. The Morgan fingerprint density at radius 1 is 1.09 bits per heavy atom. The Morgan fingerprint density at radius 2 is 1.82 bits per heavy atom. The highest BCUT2D eigenvalue weighted by atomic mass is 16.1. The molecule has 0 spiro atoms. The zero-order valence-corrected chi connectivity index (χ0v) is 12.7. The van der Waals surface area contributed by atoms with Crippen molar-refractivity contribution in [3.63, 3.8) is 0 Å². The van der Waals surface area contributed by atoms with Gasteiger partial charge in [-0.2, -0.15) is 0 Å². The first kappa shape index (κ1) is 14.5. The molecular weight excluding hydrogens is 276 g/mol. The molecule has 0 radical (unpaired) electrons. The molecule has 1 aliphatic heterocycles. The highest BCUT2D eigenvalue weighted by Gasteiger charge is 2.15. The van der Waals surface area contributed by atoms with Crippen LogP contribution in [0, 0.1) is 6.92 Å². The SMILES string of the molecule is Cc1ccc(NC(=O)c2cc(N3CCCCC3)ncn2)cc1. The van der Waals surface area contributed by atoms with Gasteiger partial charge in [0.05, 0.1) is 0 Å². The van der Waals surface area contributed by atoms with Gasteiger partial charge in [-0.15, -0.1) is 0 Å². The van der Waals surface area contributed by atoms with Crippen LogP contribution in [0.25, 0.3) is 0 Å². The van der Waals surface area contributed by atoms with Crippen molar-refractivity contribution in [1.29, 1.82) is 0 Å². The maximum Gasteiger partial charge on any atom is 0.274 e. The van der Waals surface area contributed by atoms with Crippen LogP contribution in [0.4, 0.5) is 11.5 Å². The molecule has 0 unspecified atom stereocenters. The lowest BCUT2D eigenvalue weighted by Crippen LogP contribution is -2.30. The van der Waals surface area contributed by atoms with E-state index in [4.69, 9.17) is 0 Å². The van der Waals surface area contributed by atoms with Crippen LogP contribution >= 0.6 is 0 Å². The first-order valence-corrected chi connectivity index (χ1v) is 7.67.